The van der Waals surface area contributed by atoms with Crippen LogP contribution in [-0.4, -0.2) is 64.6 Å². The number of rotatable bonds is 5. The van der Waals surface area contributed by atoms with Gasteiger partial charge in [0.05, 0.1) is 18.9 Å². The lowest BCUT2D eigenvalue weighted by Gasteiger charge is -2.26. The number of thioether (sulfide) groups is 1. The summed E-state index contributed by atoms with van der Waals surface area (Å²) in [5.41, 5.74) is 0.975. The Morgan fingerprint density at radius 1 is 1.47 bits per heavy atom. The molecule has 0 aliphatic carbocycles. The van der Waals surface area contributed by atoms with Crippen LogP contribution in [0, 0.1) is 0 Å². The number of aromatic nitrogens is 2. The van der Waals surface area contributed by atoms with Crippen LogP contribution >= 0.6 is 11.8 Å². The van der Waals surface area contributed by atoms with Crippen molar-refractivity contribution < 1.29 is 14.6 Å². The second kappa shape index (κ2) is 6.40. The minimum Gasteiger partial charge on any atom is -0.476 e. The molecule has 2 rings (SSSR count). The van der Waals surface area contributed by atoms with Crippen molar-refractivity contribution in [2.45, 2.75) is 11.6 Å². The van der Waals surface area contributed by atoms with E-state index in [-0.39, 0.29) is 5.69 Å². The van der Waals surface area contributed by atoms with Gasteiger partial charge in [-0.2, -0.15) is 0 Å². The molecule has 0 radical (unpaired) electrons. The van der Waals surface area contributed by atoms with Gasteiger partial charge in [0.2, 0.25) is 0 Å². The van der Waals surface area contributed by atoms with E-state index in [2.05, 4.69) is 9.88 Å². The second-order valence-corrected chi connectivity index (χ2v) is 5.24. The van der Waals surface area contributed by atoms with Crippen molar-refractivity contribution in [2.75, 3.05) is 39.1 Å². The van der Waals surface area contributed by atoms with Crippen LogP contribution in [0.4, 0.5) is 0 Å². The molecule has 19 heavy (non-hydrogen) atoms. The first kappa shape index (κ1) is 14.4. The Hall–Kier alpha value is -1.05. The topological polar surface area (TPSA) is 67.6 Å². The summed E-state index contributed by atoms with van der Waals surface area (Å²) in [5.74, 6) is -0.951. The molecule has 1 aromatic rings. The summed E-state index contributed by atoms with van der Waals surface area (Å²) in [6.07, 6.45) is 2.60. The minimum atomic E-state index is -0.951. The third-order valence-corrected chi connectivity index (χ3v) is 4.06. The van der Waals surface area contributed by atoms with Crippen LogP contribution in [0.5, 0.6) is 0 Å². The Morgan fingerprint density at radius 2 is 2.16 bits per heavy atom. The number of carboxylic acids is 1. The summed E-state index contributed by atoms with van der Waals surface area (Å²) < 4.78 is 7.19. The number of morpholine rings is 1. The zero-order valence-electron chi connectivity index (χ0n) is 11.3. The average molecular weight is 285 g/mol. The van der Waals surface area contributed by atoms with Gasteiger partial charge < -0.3 is 14.4 Å². The molecule has 1 fully saturated rings. The first-order valence-electron chi connectivity index (χ1n) is 6.26. The van der Waals surface area contributed by atoms with Gasteiger partial charge in [0.15, 0.2) is 10.9 Å². The number of hydrogen-bond acceptors (Lipinski definition) is 5. The maximum absolute atomic E-state index is 11.2. The maximum Gasteiger partial charge on any atom is 0.356 e. The number of aromatic carboxylic acids is 1. The molecule has 0 bridgehead atoms. The summed E-state index contributed by atoms with van der Waals surface area (Å²) in [7, 11) is 1.87. The molecule has 0 saturated carbocycles. The number of hydrogen-bond donors (Lipinski definition) is 1. The molecule has 0 amide bonds. The summed E-state index contributed by atoms with van der Waals surface area (Å²) in [6.45, 7) is 4.18. The van der Waals surface area contributed by atoms with Gasteiger partial charge in [-0.15, -0.1) is 0 Å². The summed E-state index contributed by atoms with van der Waals surface area (Å²) in [4.78, 5) is 17.7. The number of imidazole rings is 1. The fourth-order valence-corrected chi connectivity index (χ4v) is 2.80. The quantitative estimate of drug-likeness (QED) is 0.804. The van der Waals surface area contributed by atoms with Crippen LogP contribution in [-0.2, 0) is 18.2 Å². The van der Waals surface area contributed by atoms with Crippen molar-refractivity contribution in [3.63, 3.8) is 0 Å². The number of carbonyl (C=O) groups is 1. The van der Waals surface area contributed by atoms with E-state index < -0.39 is 5.97 Å². The highest BCUT2D eigenvalue weighted by Gasteiger charge is 2.20. The van der Waals surface area contributed by atoms with Crippen molar-refractivity contribution in [1.29, 1.82) is 0 Å². The third-order valence-electron chi connectivity index (χ3n) is 3.33. The number of carboxylic acid groups (broad SMARTS) is 1. The Morgan fingerprint density at radius 3 is 2.74 bits per heavy atom. The minimum absolute atomic E-state index is 0.181. The molecule has 2 heterocycles. The van der Waals surface area contributed by atoms with E-state index in [9.17, 15) is 9.90 Å². The molecule has 0 aromatic carbocycles. The smallest absolute Gasteiger partial charge is 0.356 e. The molecule has 1 aromatic heterocycles. The Labute approximate surface area is 116 Å². The zero-order valence-corrected chi connectivity index (χ0v) is 12.1. The van der Waals surface area contributed by atoms with Crippen LogP contribution < -0.4 is 0 Å². The molecule has 106 valence electrons. The molecule has 0 spiro atoms. The average Bonchev–Trinajstić information content (AvgIpc) is 2.74. The summed E-state index contributed by atoms with van der Waals surface area (Å²) in [5, 5.41) is 9.96. The van der Waals surface area contributed by atoms with Crippen molar-refractivity contribution in [2.24, 2.45) is 7.05 Å². The van der Waals surface area contributed by atoms with E-state index in [4.69, 9.17) is 4.74 Å². The molecule has 1 saturated heterocycles. The van der Waals surface area contributed by atoms with Crippen molar-refractivity contribution in [3.05, 3.63) is 11.4 Å². The predicted molar refractivity (Wildman–Crippen MR) is 72.9 cm³/mol. The monoisotopic (exact) mass is 285 g/mol. The van der Waals surface area contributed by atoms with Crippen LogP contribution in [0.2, 0.25) is 0 Å². The number of ether oxygens (including phenoxy) is 1. The fourth-order valence-electron chi connectivity index (χ4n) is 2.24. The Kier molecular flexibility index (Phi) is 4.84. The van der Waals surface area contributed by atoms with E-state index in [0.29, 0.717) is 6.42 Å². The molecular weight excluding hydrogens is 266 g/mol. The SMILES string of the molecule is CSc1nc(C(=O)O)c(CCN2CCOCC2)n1C. The lowest BCUT2D eigenvalue weighted by atomic mass is 10.2. The fraction of sp³-hybridized carbons (Fsp3) is 0.667. The van der Waals surface area contributed by atoms with Gasteiger partial charge in [-0.1, -0.05) is 11.8 Å². The molecule has 6 nitrogen and oxygen atoms in total. The summed E-state index contributed by atoms with van der Waals surface area (Å²) >= 11 is 1.46. The van der Waals surface area contributed by atoms with Gasteiger partial charge in [-0.3, -0.25) is 4.90 Å². The van der Waals surface area contributed by atoms with Gasteiger partial charge in [-0.05, 0) is 6.26 Å². The normalized spacial score (nSPS) is 16.7. The molecule has 0 atom stereocenters. The molecular formula is C12H19N3O3S. The van der Waals surface area contributed by atoms with E-state index in [1.807, 2.05) is 17.9 Å². The molecule has 7 heteroatoms. The second-order valence-electron chi connectivity index (χ2n) is 4.46. The predicted octanol–water partition coefficient (Wildman–Crippen LogP) is 0.715. The molecule has 1 aliphatic rings. The standard InChI is InChI=1S/C12H19N3O3S/c1-14-9(3-4-15-5-7-18-8-6-15)10(11(16)17)13-12(14)19-2/h3-8H2,1-2H3,(H,16,17). The first-order valence-corrected chi connectivity index (χ1v) is 7.49. The van der Waals surface area contributed by atoms with Crippen LogP contribution in [0.3, 0.4) is 0 Å². The van der Waals surface area contributed by atoms with E-state index in [1.165, 1.54) is 11.8 Å². The number of nitrogens with zero attached hydrogens (tertiary/aromatic N) is 3. The summed E-state index contributed by atoms with van der Waals surface area (Å²) in [6, 6.07) is 0. The first-order chi connectivity index (χ1) is 9.13. The van der Waals surface area contributed by atoms with Crippen LogP contribution in [0.15, 0.2) is 5.16 Å². The van der Waals surface area contributed by atoms with Crippen LogP contribution in [0.25, 0.3) is 0 Å². The lowest BCUT2D eigenvalue weighted by molar-refractivity contribution is 0.0381. The Balaban J connectivity index is 2.09. The molecule has 1 N–H and O–H groups in total. The van der Waals surface area contributed by atoms with Gasteiger partial charge in [0.25, 0.3) is 0 Å². The van der Waals surface area contributed by atoms with Crippen molar-refractivity contribution in [1.82, 2.24) is 14.5 Å². The molecule has 0 unspecified atom stereocenters. The largest absolute Gasteiger partial charge is 0.476 e. The van der Waals surface area contributed by atoms with Gasteiger partial charge in [0, 0.05) is 33.1 Å². The highest BCUT2D eigenvalue weighted by molar-refractivity contribution is 7.98. The highest BCUT2D eigenvalue weighted by Crippen LogP contribution is 2.19. The van der Waals surface area contributed by atoms with E-state index in [1.54, 1.807) is 0 Å². The van der Waals surface area contributed by atoms with Crippen molar-refractivity contribution in [3.8, 4) is 0 Å². The Bertz CT molecular complexity index is 455. The lowest BCUT2D eigenvalue weighted by Crippen LogP contribution is -2.37. The molecule has 1 aliphatic heterocycles. The maximum atomic E-state index is 11.2. The van der Waals surface area contributed by atoms with E-state index in [0.717, 1.165) is 43.7 Å². The highest BCUT2D eigenvalue weighted by atomic mass is 32.2. The van der Waals surface area contributed by atoms with Crippen molar-refractivity contribution >= 4 is 17.7 Å². The van der Waals surface area contributed by atoms with Crippen LogP contribution in [0.1, 0.15) is 16.2 Å². The van der Waals surface area contributed by atoms with E-state index >= 15 is 0 Å². The van der Waals surface area contributed by atoms with Gasteiger partial charge in [-0.25, -0.2) is 9.78 Å². The van der Waals surface area contributed by atoms with Gasteiger partial charge >= 0.3 is 5.97 Å². The zero-order chi connectivity index (χ0) is 13.8. The third kappa shape index (κ3) is 3.29. The van der Waals surface area contributed by atoms with Gasteiger partial charge in [0.1, 0.15) is 0 Å².